The maximum atomic E-state index is 13.5. The molecule has 2 aliphatic rings. The van der Waals surface area contributed by atoms with Crippen molar-refractivity contribution in [2.75, 3.05) is 32.7 Å². The molecule has 5 nitrogen and oxygen atoms in total. The Balaban J connectivity index is 0.000000219. The zero-order valence-corrected chi connectivity index (χ0v) is 19.0. The molecule has 0 radical (unpaired) electrons. The van der Waals surface area contributed by atoms with Crippen molar-refractivity contribution in [3.8, 4) is 5.75 Å². The highest BCUT2D eigenvalue weighted by molar-refractivity contribution is 5.89. The third-order valence-electron chi connectivity index (χ3n) is 6.02. The van der Waals surface area contributed by atoms with Gasteiger partial charge in [-0.2, -0.15) is 4.58 Å². The fourth-order valence-electron chi connectivity index (χ4n) is 4.06. The van der Waals surface area contributed by atoms with E-state index >= 15 is 0 Å². The van der Waals surface area contributed by atoms with Gasteiger partial charge in [-0.3, -0.25) is 4.90 Å². The Morgan fingerprint density at radius 3 is 2.78 bits per heavy atom. The van der Waals surface area contributed by atoms with Crippen molar-refractivity contribution in [2.24, 2.45) is 0 Å². The molecule has 2 aromatic rings. The fraction of sp³-hybridized carbons (Fsp3) is 0.385. The van der Waals surface area contributed by atoms with Crippen LogP contribution < -0.4 is 5.32 Å². The van der Waals surface area contributed by atoms with Gasteiger partial charge in [-0.1, -0.05) is 24.8 Å². The van der Waals surface area contributed by atoms with E-state index in [2.05, 4.69) is 16.8 Å². The third kappa shape index (κ3) is 6.34. The monoisotopic (exact) mass is 438 g/mol. The minimum absolute atomic E-state index is 0.0345. The standard InChI is InChI=1S/C17H22FN2O.C9H11NO/c1-4-17(21)20-10-9-19(12-14(20)3)8-7-15-6-5-13(2)16(18)11-15;11-9-2-1-8-6-10-4-3-7(8)5-9/h4-6,11H,1,7-10,12H2,2-3H3;1-2,5,10-11H,3-4,6H2/q+1;. The van der Waals surface area contributed by atoms with Gasteiger partial charge in [0.05, 0.1) is 13.1 Å². The lowest BCUT2D eigenvalue weighted by Crippen LogP contribution is -2.46. The molecule has 0 unspecified atom stereocenters. The molecule has 0 spiro atoms. The molecule has 6 heteroatoms. The molecule has 0 aromatic heterocycles. The number of amides is 1. The summed E-state index contributed by atoms with van der Waals surface area (Å²) in [5, 5.41) is 12.4. The van der Waals surface area contributed by atoms with Crippen LogP contribution in [0.25, 0.3) is 0 Å². The molecule has 0 aliphatic carbocycles. The summed E-state index contributed by atoms with van der Waals surface area (Å²) in [6.45, 7) is 12.4. The van der Waals surface area contributed by atoms with Crippen LogP contribution >= 0.6 is 0 Å². The predicted octanol–water partition coefficient (Wildman–Crippen LogP) is 3.22. The minimum atomic E-state index is -0.142. The summed E-state index contributed by atoms with van der Waals surface area (Å²) in [5.41, 5.74) is 5.33. The van der Waals surface area contributed by atoms with Crippen LogP contribution in [0.5, 0.6) is 5.75 Å². The molecule has 0 bridgehead atoms. The summed E-state index contributed by atoms with van der Waals surface area (Å²) >= 11 is 0. The molecular weight excluding hydrogens is 405 g/mol. The van der Waals surface area contributed by atoms with Crippen LogP contribution in [0.3, 0.4) is 0 Å². The first-order chi connectivity index (χ1) is 15.4. The molecule has 170 valence electrons. The van der Waals surface area contributed by atoms with E-state index in [1.165, 1.54) is 17.2 Å². The van der Waals surface area contributed by atoms with Crippen molar-refractivity contribution in [1.82, 2.24) is 10.2 Å². The zero-order chi connectivity index (χ0) is 23.1. The lowest BCUT2D eigenvalue weighted by Gasteiger charge is -2.24. The highest BCUT2D eigenvalue weighted by Gasteiger charge is 2.25. The van der Waals surface area contributed by atoms with Crippen LogP contribution in [0.4, 0.5) is 4.39 Å². The van der Waals surface area contributed by atoms with Gasteiger partial charge in [0.25, 0.3) is 0 Å². The molecule has 2 heterocycles. The number of nitrogens with zero attached hydrogens (tertiary/aromatic N) is 2. The maximum Gasteiger partial charge on any atom is 0.411 e. The van der Waals surface area contributed by atoms with Crippen LogP contribution in [-0.2, 0) is 24.2 Å². The largest absolute Gasteiger partial charge is 0.508 e. The van der Waals surface area contributed by atoms with Gasteiger partial charge in [0.15, 0.2) is 12.3 Å². The van der Waals surface area contributed by atoms with Gasteiger partial charge in [0, 0.05) is 26.1 Å². The van der Waals surface area contributed by atoms with E-state index < -0.39 is 0 Å². The summed E-state index contributed by atoms with van der Waals surface area (Å²) in [6.07, 6.45) is 3.21. The molecule has 32 heavy (non-hydrogen) atoms. The number of phenolic OH excluding ortho intramolecular Hbond substituents is 1. The molecule has 0 saturated heterocycles. The number of phenols is 1. The van der Waals surface area contributed by atoms with Crippen molar-refractivity contribution < 1.29 is 18.9 Å². The van der Waals surface area contributed by atoms with Crippen molar-refractivity contribution in [3.63, 3.8) is 0 Å². The van der Waals surface area contributed by atoms with Gasteiger partial charge in [-0.15, -0.1) is 0 Å². The summed E-state index contributed by atoms with van der Waals surface area (Å²) in [7, 11) is 0. The SMILES string of the molecule is C=CC(=O)[N+]1=C(C)CN(CCc2ccc(C)c(F)c2)CC1.Oc1ccc2c(c1)CCNC2. The molecule has 2 N–H and O–H groups in total. The number of aromatic hydroxyl groups is 1. The van der Waals surface area contributed by atoms with Crippen molar-refractivity contribution in [2.45, 2.75) is 33.2 Å². The summed E-state index contributed by atoms with van der Waals surface area (Å²) < 4.78 is 15.3. The predicted molar refractivity (Wildman–Crippen MR) is 126 cm³/mol. The Kier molecular flexibility index (Phi) is 8.31. The lowest BCUT2D eigenvalue weighted by molar-refractivity contribution is -0.451. The van der Waals surface area contributed by atoms with E-state index in [0.717, 1.165) is 56.8 Å². The maximum absolute atomic E-state index is 13.5. The van der Waals surface area contributed by atoms with Crippen LogP contribution in [0.2, 0.25) is 0 Å². The second kappa shape index (κ2) is 11.2. The number of hydrogen-bond donors (Lipinski definition) is 2. The van der Waals surface area contributed by atoms with Gasteiger partial charge in [0.1, 0.15) is 11.6 Å². The molecule has 2 aliphatic heterocycles. The zero-order valence-electron chi connectivity index (χ0n) is 19.0. The Labute approximate surface area is 189 Å². The number of hydrogen-bond acceptors (Lipinski definition) is 4. The topological polar surface area (TPSA) is 55.6 Å². The second-order valence-electron chi connectivity index (χ2n) is 8.42. The number of fused-ring (bicyclic) bond motifs is 1. The third-order valence-corrected chi connectivity index (χ3v) is 6.02. The van der Waals surface area contributed by atoms with E-state index in [1.54, 1.807) is 23.6 Å². The normalized spacial score (nSPS) is 16.1. The Hall–Kier alpha value is -2.83. The first kappa shape index (κ1) is 23.8. The summed E-state index contributed by atoms with van der Waals surface area (Å²) in [4.78, 5) is 14.0. The number of halogens is 1. The highest BCUT2D eigenvalue weighted by atomic mass is 19.1. The number of carbonyl (C=O) groups excluding carboxylic acids is 1. The molecule has 4 rings (SSSR count). The second-order valence-corrected chi connectivity index (χ2v) is 8.42. The Morgan fingerprint density at radius 2 is 2.06 bits per heavy atom. The van der Waals surface area contributed by atoms with Gasteiger partial charge in [0.2, 0.25) is 0 Å². The average Bonchev–Trinajstić information content (AvgIpc) is 2.80. The molecule has 0 fully saturated rings. The summed E-state index contributed by atoms with van der Waals surface area (Å²) in [5.74, 6) is 0.204. The van der Waals surface area contributed by atoms with Crippen LogP contribution in [0.15, 0.2) is 49.1 Å². The molecule has 0 atom stereocenters. The quantitative estimate of drug-likeness (QED) is 0.569. The van der Waals surface area contributed by atoms with E-state index in [0.29, 0.717) is 17.9 Å². The van der Waals surface area contributed by atoms with E-state index in [-0.39, 0.29) is 11.7 Å². The van der Waals surface area contributed by atoms with Crippen molar-refractivity contribution in [3.05, 3.63) is 77.1 Å². The van der Waals surface area contributed by atoms with Gasteiger partial charge in [-0.25, -0.2) is 9.18 Å². The first-order valence-corrected chi connectivity index (χ1v) is 11.1. The molecule has 2 aromatic carbocycles. The number of carbonyl (C=O) groups is 1. The van der Waals surface area contributed by atoms with Gasteiger partial charge < -0.3 is 10.4 Å². The fourth-order valence-corrected chi connectivity index (χ4v) is 4.06. The molecular formula is C26H33FN3O2+. The van der Waals surface area contributed by atoms with E-state index in [9.17, 15) is 9.18 Å². The van der Waals surface area contributed by atoms with Crippen LogP contribution in [-0.4, -0.2) is 58.9 Å². The average molecular weight is 439 g/mol. The van der Waals surface area contributed by atoms with Crippen LogP contribution in [0.1, 0.15) is 29.2 Å². The summed E-state index contributed by atoms with van der Waals surface area (Å²) in [6, 6.07) is 11.0. The van der Waals surface area contributed by atoms with Crippen molar-refractivity contribution in [1.29, 1.82) is 0 Å². The van der Waals surface area contributed by atoms with E-state index in [1.807, 2.05) is 31.2 Å². The number of benzene rings is 2. The van der Waals surface area contributed by atoms with Gasteiger partial charge >= 0.3 is 5.91 Å². The van der Waals surface area contributed by atoms with Crippen LogP contribution in [0, 0.1) is 12.7 Å². The first-order valence-electron chi connectivity index (χ1n) is 11.1. The van der Waals surface area contributed by atoms with Crippen molar-refractivity contribution >= 4 is 11.6 Å². The van der Waals surface area contributed by atoms with E-state index in [4.69, 9.17) is 5.11 Å². The Bertz CT molecular complexity index is 1020. The number of rotatable bonds is 4. The molecule has 0 saturated carbocycles. The Morgan fingerprint density at radius 1 is 1.25 bits per heavy atom. The highest BCUT2D eigenvalue weighted by Crippen LogP contribution is 2.19. The molecule has 1 amide bonds. The minimum Gasteiger partial charge on any atom is -0.508 e. The number of aryl methyl sites for hydroxylation is 1. The van der Waals surface area contributed by atoms with Gasteiger partial charge in [-0.05, 0) is 66.8 Å². The lowest BCUT2D eigenvalue weighted by atomic mass is 10.0. The number of nitrogens with one attached hydrogen (secondary N) is 1. The smallest absolute Gasteiger partial charge is 0.411 e.